The van der Waals surface area contributed by atoms with Crippen molar-refractivity contribution in [1.29, 1.82) is 0 Å². The van der Waals surface area contributed by atoms with Gasteiger partial charge in [-0.15, -0.1) is 11.8 Å². The molecule has 0 saturated carbocycles. The normalized spacial score (nSPS) is 11.8. The molecule has 0 heterocycles. The first-order chi connectivity index (χ1) is 7.70. The lowest BCUT2D eigenvalue weighted by Crippen LogP contribution is -2.15. The topological polar surface area (TPSA) is 78.8 Å². The van der Waals surface area contributed by atoms with Crippen molar-refractivity contribution in [2.24, 2.45) is 10.9 Å². The molecule has 0 aliphatic carbocycles. The summed E-state index contributed by atoms with van der Waals surface area (Å²) in [6, 6.07) is 5.63. The number of oxime groups is 1. The van der Waals surface area contributed by atoms with Crippen molar-refractivity contribution >= 4 is 33.5 Å². The van der Waals surface area contributed by atoms with Gasteiger partial charge in [-0.2, -0.15) is 0 Å². The van der Waals surface area contributed by atoms with Gasteiger partial charge in [-0.1, -0.05) is 11.2 Å². The summed E-state index contributed by atoms with van der Waals surface area (Å²) in [7, 11) is 0. The molecule has 1 aromatic carbocycles. The zero-order chi connectivity index (χ0) is 12.0. The van der Waals surface area contributed by atoms with E-state index >= 15 is 0 Å². The van der Waals surface area contributed by atoms with Crippen molar-refractivity contribution in [2.75, 3.05) is 12.4 Å². The monoisotopic (exact) mass is 304 g/mol. The van der Waals surface area contributed by atoms with Crippen LogP contribution >= 0.6 is 27.7 Å². The van der Waals surface area contributed by atoms with Crippen LogP contribution in [0.25, 0.3) is 0 Å². The largest absolute Gasteiger partial charge is 0.409 e. The summed E-state index contributed by atoms with van der Waals surface area (Å²) in [4.78, 5) is 0.929. The molecule has 0 bridgehead atoms. The molecule has 4 N–H and O–H groups in total. The predicted octanol–water partition coefficient (Wildman–Crippen LogP) is 2.02. The minimum Gasteiger partial charge on any atom is -0.409 e. The minimum absolute atomic E-state index is 0.0824. The molecule has 1 rings (SSSR count). The molecular weight excluding hydrogens is 292 g/mol. The minimum atomic E-state index is 0.0824. The first kappa shape index (κ1) is 13.3. The smallest absolute Gasteiger partial charge is 0.172 e. The number of hydrogen-bond donors (Lipinski definition) is 3. The van der Waals surface area contributed by atoms with E-state index < -0.39 is 0 Å². The molecular formula is C10H13BrN2O2S. The van der Waals surface area contributed by atoms with Crippen molar-refractivity contribution in [3.63, 3.8) is 0 Å². The molecule has 88 valence electrons. The van der Waals surface area contributed by atoms with Crippen LogP contribution in [-0.2, 0) is 0 Å². The van der Waals surface area contributed by atoms with E-state index in [1.54, 1.807) is 11.8 Å². The van der Waals surface area contributed by atoms with E-state index in [1.165, 1.54) is 0 Å². The Bertz CT molecular complexity index is 385. The summed E-state index contributed by atoms with van der Waals surface area (Å²) in [5.74, 6) is 0.873. The third-order valence-electron chi connectivity index (χ3n) is 1.90. The molecule has 0 spiro atoms. The van der Waals surface area contributed by atoms with Crippen LogP contribution in [0.1, 0.15) is 12.0 Å². The lowest BCUT2D eigenvalue weighted by atomic mass is 10.2. The molecule has 0 amide bonds. The molecule has 0 aromatic heterocycles. The number of hydrogen-bond acceptors (Lipinski definition) is 4. The van der Waals surface area contributed by atoms with Crippen LogP contribution in [0, 0.1) is 0 Å². The molecule has 16 heavy (non-hydrogen) atoms. The molecule has 0 radical (unpaired) electrons. The van der Waals surface area contributed by atoms with Gasteiger partial charge in [0.2, 0.25) is 0 Å². The fraction of sp³-hybridized carbons (Fsp3) is 0.300. The van der Waals surface area contributed by atoms with Gasteiger partial charge in [0.25, 0.3) is 0 Å². The Morgan fingerprint density at radius 1 is 1.50 bits per heavy atom. The van der Waals surface area contributed by atoms with E-state index in [2.05, 4.69) is 21.1 Å². The van der Waals surface area contributed by atoms with Crippen LogP contribution in [-0.4, -0.2) is 28.5 Å². The van der Waals surface area contributed by atoms with Crippen molar-refractivity contribution in [2.45, 2.75) is 11.3 Å². The highest BCUT2D eigenvalue weighted by Gasteiger charge is 2.11. The fourth-order valence-electron chi connectivity index (χ4n) is 1.17. The Balaban J connectivity index is 2.94. The molecule has 6 heteroatoms. The van der Waals surface area contributed by atoms with E-state index in [4.69, 9.17) is 16.0 Å². The molecule has 0 fully saturated rings. The van der Waals surface area contributed by atoms with E-state index in [0.29, 0.717) is 12.0 Å². The number of nitrogens with zero attached hydrogens (tertiary/aromatic N) is 1. The van der Waals surface area contributed by atoms with Crippen molar-refractivity contribution < 1.29 is 10.3 Å². The zero-order valence-electron chi connectivity index (χ0n) is 8.56. The van der Waals surface area contributed by atoms with Crippen LogP contribution in [0.4, 0.5) is 0 Å². The SMILES string of the molecule is N/C(=N/O)c1c(Br)cccc1SCCCO. The summed E-state index contributed by atoms with van der Waals surface area (Å²) >= 11 is 4.93. The Hall–Kier alpha value is -0.720. The van der Waals surface area contributed by atoms with Gasteiger partial charge >= 0.3 is 0 Å². The van der Waals surface area contributed by atoms with Gasteiger partial charge in [-0.05, 0) is 34.5 Å². The molecule has 0 unspecified atom stereocenters. The van der Waals surface area contributed by atoms with Gasteiger partial charge in [0, 0.05) is 27.3 Å². The Morgan fingerprint density at radius 2 is 2.25 bits per heavy atom. The highest BCUT2D eigenvalue weighted by atomic mass is 79.9. The lowest BCUT2D eigenvalue weighted by Gasteiger charge is -2.09. The van der Waals surface area contributed by atoms with Gasteiger partial charge in [-0.25, -0.2) is 0 Å². The van der Waals surface area contributed by atoms with E-state index in [0.717, 1.165) is 15.1 Å². The van der Waals surface area contributed by atoms with Crippen molar-refractivity contribution in [3.05, 3.63) is 28.2 Å². The first-order valence-corrected chi connectivity index (χ1v) is 6.48. The highest BCUT2D eigenvalue weighted by Crippen LogP contribution is 2.28. The summed E-state index contributed by atoms with van der Waals surface area (Å²) in [6.07, 6.45) is 0.715. The maximum atomic E-state index is 8.71. The van der Waals surface area contributed by atoms with Crippen LogP contribution in [0.15, 0.2) is 32.7 Å². The van der Waals surface area contributed by atoms with Gasteiger partial charge < -0.3 is 16.0 Å². The van der Waals surface area contributed by atoms with Gasteiger partial charge in [-0.3, -0.25) is 0 Å². The van der Waals surface area contributed by atoms with Gasteiger partial charge in [0.1, 0.15) is 0 Å². The van der Waals surface area contributed by atoms with E-state index in [9.17, 15) is 0 Å². The van der Waals surface area contributed by atoms with Crippen molar-refractivity contribution in [1.82, 2.24) is 0 Å². The number of thioether (sulfide) groups is 1. The second-order valence-corrected chi connectivity index (χ2v) is 5.01. The Labute approximate surface area is 107 Å². The number of aliphatic hydroxyl groups excluding tert-OH is 1. The molecule has 0 aliphatic rings. The Morgan fingerprint density at radius 3 is 2.88 bits per heavy atom. The molecule has 0 atom stereocenters. The van der Waals surface area contributed by atoms with Gasteiger partial charge in [0.05, 0.1) is 0 Å². The summed E-state index contributed by atoms with van der Waals surface area (Å²) in [5.41, 5.74) is 6.30. The average molecular weight is 305 g/mol. The van der Waals surface area contributed by atoms with Crippen LogP contribution in [0.5, 0.6) is 0 Å². The number of benzene rings is 1. The number of nitrogens with two attached hydrogens (primary N) is 1. The number of rotatable bonds is 5. The van der Waals surface area contributed by atoms with Gasteiger partial charge in [0.15, 0.2) is 5.84 Å². The fourth-order valence-corrected chi connectivity index (χ4v) is 2.90. The average Bonchev–Trinajstić information content (AvgIpc) is 2.29. The molecule has 0 aliphatic heterocycles. The molecule has 1 aromatic rings. The third-order valence-corrected chi connectivity index (χ3v) is 3.70. The van der Waals surface area contributed by atoms with Crippen LogP contribution in [0.3, 0.4) is 0 Å². The molecule has 0 saturated heterocycles. The predicted molar refractivity (Wildman–Crippen MR) is 69.1 cm³/mol. The van der Waals surface area contributed by atoms with Crippen molar-refractivity contribution in [3.8, 4) is 0 Å². The standard InChI is InChI=1S/C10H13BrN2O2S/c11-7-3-1-4-8(16-6-2-5-14)9(7)10(12)13-15/h1,3-4,14-15H,2,5-6H2,(H2,12,13). The lowest BCUT2D eigenvalue weighted by molar-refractivity contribution is 0.296. The summed E-state index contributed by atoms with van der Waals surface area (Å²) in [6.45, 7) is 0.167. The maximum absolute atomic E-state index is 8.71. The van der Waals surface area contributed by atoms with E-state index in [1.807, 2.05) is 18.2 Å². The third kappa shape index (κ3) is 3.40. The summed E-state index contributed by atoms with van der Waals surface area (Å²) in [5, 5.41) is 20.4. The number of amidine groups is 1. The van der Waals surface area contributed by atoms with Crippen LogP contribution in [0.2, 0.25) is 0 Å². The maximum Gasteiger partial charge on any atom is 0.172 e. The molecule has 4 nitrogen and oxygen atoms in total. The zero-order valence-corrected chi connectivity index (χ0v) is 11.0. The summed E-state index contributed by atoms with van der Waals surface area (Å²) < 4.78 is 0.789. The van der Waals surface area contributed by atoms with E-state index in [-0.39, 0.29) is 12.4 Å². The quantitative estimate of drug-likeness (QED) is 0.194. The Kier molecular flexibility index (Phi) is 5.65. The van der Waals surface area contributed by atoms with Crippen LogP contribution < -0.4 is 5.73 Å². The second kappa shape index (κ2) is 6.78. The number of aliphatic hydroxyl groups is 1. The highest BCUT2D eigenvalue weighted by molar-refractivity contribution is 9.10. The number of halogens is 1. The first-order valence-electron chi connectivity index (χ1n) is 4.70. The second-order valence-electron chi connectivity index (χ2n) is 3.02.